The minimum absolute atomic E-state index is 0.212. The number of nitrogens with zero attached hydrogens (tertiary/aromatic N) is 1. The number of halogens is 1. The molecule has 5 heteroatoms. The molecule has 0 saturated carbocycles. The number of nitrogens with one attached hydrogen (secondary N) is 3. The summed E-state index contributed by atoms with van der Waals surface area (Å²) in [5, 5.41) is 7.70. The molecule has 0 aliphatic carbocycles. The maximum absolute atomic E-state index is 13.2. The monoisotopic (exact) mass is 304 g/mol. The van der Waals surface area contributed by atoms with Gasteiger partial charge in [0, 0.05) is 37.2 Å². The number of aromatic nitrogens is 1. The summed E-state index contributed by atoms with van der Waals surface area (Å²) in [6.07, 6.45) is 6.42. The molecule has 0 saturated heterocycles. The Morgan fingerprint density at radius 2 is 2.05 bits per heavy atom. The lowest BCUT2D eigenvalue weighted by Gasteiger charge is -2.11. The normalized spacial score (nSPS) is 11.9. The summed E-state index contributed by atoms with van der Waals surface area (Å²) in [5.74, 6) is 0.623. The van der Waals surface area contributed by atoms with Crippen molar-refractivity contribution in [2.24, 2.45) is 4.99 Å². The molecule has 0 unspecified atom stereocenters. The van der Waals surface area contributed by atoms with Crippen molar-refractivity contribution < 1.29 is 4.39 Å². The van der Waals surface area contributed by atoms with Crippen LogP contribution in [0.5, 0.6) is 0 Å². The van der Waals surface area contributed by atoms with E-state index in [1.165, 1.54) is 30.5 Å². The summed E-state index contributed by atoms with van der Waals surface area (Å²) in [6.45, 7) is 3.93. The van der Waals surface area contributed by atoms with Crippen molar-refractivity contribution in [3.63, 3.8) is 0 Å². The Morgan fingerprint density at radius 3 is 2.82 bits per heavy atom. The lowest BCUT2D eigenvalue weighted by molar-refractivity contribution is 0.629. The van der Waals surface area contributed by atoms with Gasteiger partial charge in [-0.2, -0.15) is 0 Å². The van der Waals surface area contributed by atoms with Crippen LogP contribution in [0.1, 0.15) is 31.7 Å². The smallest absolute Gasteiger partial charge is 0.190 e. The SMILES string of the molecule is CCCCCNC(=NC)NCCc1c[nH]c2cc(F)ccc12. The van der Waals surface area contributed by atoms with E-state index in [1.807, 2.05) is 12.3 Å². The number of H-pyrrole nitrogens is 1. The van der Waals surface area contributed by atoms with Gasteiger partial charge in [0.1, 0.15) is 5.82 Å². The summed E-state index contributed by atoms with van der Waals surface area (Å²) in [5.41, 5.74) is 2.03. The van der Waals surface area contributed by atoms with E-state index in [-0.39, 0.29) is 5.82 Å². The number of hydrogen-bond donors (Lipinski definition) is 3. The summed E-state index contributed by atoms with van der Waals surface area (Å²) in [7, 11) is 1.78. The second-order valence-corrected chi connectivity index (χ2v) is 5.39. The van der Waals surface area contributed by atoms with Crippen molar-refractivity contribution in [1.82, 2.24) is 15.6 Å². The average Bonchev–Trinajstić information content (AvgIpc) is 2.92. The fourth-order valence-electron chi connectivity index (χ4n) is 2.48. The first-order valence-electron chi connectivity index (χ1n) is 7.94. The summed E-state index contributed by atoms with van der Waals surface area (Å²) in [6, 6.07) is 4.86. The Kier molecular flexibility index (Phi) is 6.25. The van der Waals surface area contributed by atoms with Gasteiger partial charge in [0.15, 0.2) is 5.96 Å². The number of hydrogen-bond acceptors (Lipinski definition) is 1. The third kappa shape index (κ3) is 4.48. The molecule has 4 nitrogen and oxygen atoms in total. The fraction of sp³-hybridized carbons (Fsp3) is 0.471. The highest BCUT2D eigenvalue weighted by Gasteiger charge is 2.05. The minimum atomic E-state index is -0.212. The van der Waals surface area contributed by atoms with Crippen LogP contribution in [0.4, 0.5) is 4.39 Å². The van der Waals surface area contributed by atoms with Crippen molar-refractivity contribution in [1.29, 1.82) is 0 Å². The van der Waals surface area contributed by atoms with Gasteiger partial charge in [0.25, 0.3) is 0 Å². The van der Waals surface area contributed by atoms with Gasteiger partial charge in [-0.25, -0.2) is 4.39 Å². The topological polar surface area (TPSA) is 52.2 Å². The van der Waals surface area contributed by atoms with Gasteiger partial charge < -0.3 is 15.6 Å². The van der Waals surface area contributed by atoms with Crippen LogP contribution in [0.15, 0.2) is 29.4 Å². The highest BCUT2D eigenvalue weighted by Crippen LogP contribution is 2.19. The van der Waals surface area contributed by atoms with Crippen LogP contribution in [-0.4, -0.2) is 31.1 Å². The predicted octanol–water partition coefficient (Wildman–Crippen LogP) is 3.20. The molecule has 2 aromatic rings. The quantitative estimate of drug-likeness (QED) is 0.418. The molecule has 1 aromatic carbocycles. The minimum Gasteiger partial charge on any atom is -0.361 e. The molecular formula is C17H25FN4. The molecule has 2 rings (SSSR count). The van der Waals surface area contributed by atoms with Gasteiger partial charge >= 0.3 is 0 Å². The number of benzene rings is 1. The molecule has 1 aromatic heterocycles. The van der Waals surface area contributed by atoms with E-state index in [0.717, 1.165) is 42.8 Å². The van der Waals surface area contributed by atoms with Gasteiger partial charge in [0.05, 0.1) is 0 Å². The highest BCUT2D eigenvalue weighted by molar-refractivity contribution is 5.83. The number of rotatable bonds is 7. The summed E-state index contributed by atoms with van der Waals surface area (Å²) in [4.78, 5) is 7.33. The van der Waals surface area contributed by atoms with Crippen molar-refractivity contribution in [2.75, 3.05) is 20.1 Å². The van der Waals surface area contributed by atoms with E-state index in [9.17, 15) is 4.39 Å². The molecule has 1 heterocycles. The first-order chi connectivity index (χ1) is 10.7. The van der Waals surface area contributed by atoms with Crippen LogP contribution in [0.25, 0.3) is 10.9 Å². The molecule has 0 spiro atoms. The third-order valence-electron chi connectivity index (χ3n) is 3.71. The average molecular weight is 304 g/mol. The van der Waals surface area contributed by atoms with Crippen LogP contribution in [0.2, 0.25) is 0 Å². The Bertz CT molecular complexity index is 618. The zero-order chi connectivity index (χ0) is 15.8. The van der Waals surface area contributed by atoms with E-state index in [4.69, 9.17) is 0 Å². The summed E-state index contributed by atoms with van der Waals surface area (Å²) < 4.78 is 13.2. The summed E-state index contributed by atoms with van der Waals surface area (Å²) >= 11 is 0. The Labute approximate surface area is 131 Å². The maximum atomic E-state index is 13.2. The molecule has 0 atom stereocenters. The number of aromatic amines is 1. The van der Waals surface area contributed by atoms with Gasteiger partial charge in [-0.05, 0) is 36.6 Å². The van der Waals surface area contributed by atoms with Crippen LogP contribution < -0.4 is 10.6 Å². The Balaban J connectivity index is 1.81. The van der Waals surface area contributed by atoms with Crippen molar-refractivity contribution in [2.45, 2.75) is 32.6 Å². The molecule has 0 fully saturated rings. The molecule has 0 radical (unpaired) electrons. The number of fused-ring (bicyclic) bond motifs is 1. The second kappa shape index (κ2) is 8.41. The zero-order valence-corrected chi connectivity index (χ0v) is 13.4. The lowest BCUT2D eigenvalue weighted by atomic mass is 10.1. The van der Waals surface area contributed by atoms with Crippen molar-refractivity contribution >= 4 is 16.9 Å². The lowest BCUT2D eigenvalue weighted by Crippen LogP contribution is -2.38. The maximum Gasteiger partial charge on any atom is 0.190 e. The Morgan fingerprint density at radius 1 is 1.23 bits per heavy atom. The third-order valence-corrected chi connectivity index (χ3v) is 3.71. The van der Waals surface area contributed by atoms with E-state index >= 15 is 0 Å². The molecule has 0 amide bonds. The van der Waals surface area contributed by atoms with Crippen molar-refractivity contribution in [3.8, 4) is 0 Å². The zero-order valence-electron chi connectivity index (χ0n) is 13.4. The molecule has 120 valence electrons. The molecule has 0 bridgehead atoms. The number of unbranched alkanes of at least 4 members (excludes halogenated alkanes) is 2. The van der Waals surface area contributed by atoms with Gasteiger partial charge in [-0.3, -0.25) is 4.99 Å². The first kappa shape index (κ1) is 16.3. The van der Waals surface area contributed by atoms with Crippen LogP contribution >= 0.6 is 0 Å². The second-order valence-electron chi connectivity index (χ2n) is 5.39. The standard InChI is InChI=1S/C17H25FN4/c1-3-4-5-9-20-17(19-2)21-10-8-13-12-22-16-11-14(18)6-7-15(13)16/h6-7,11-12,22H,3-5,8-10H2,1-2H3,(H2,19,20,21). The van der Waals surface area contributed by atoms with E-state index in [0.29, 0.717) is 0 Å². The number of aliphatic imine (C=N–C) groups is 1. The molecular weight excluding hydrogens is 279 g/mol. The van der Waals surface area contributed by atoms with Gasteiger partial charge in [-0.15, -0.1) is 0 Å². The molecule has 0 aliphatic rings. The van der Waals surface area contributed by atoms with Crippen molar-refractivity contribution in [3.05, 3.63) is 35.8 Å². The highest BCUT2D eigenvalue weighted by atomic mass is 19.1. The largest absolute Gasteiger partial charge is 0.361 e. The number of guanidine groups is 1. The van der Waals surface area contributed by atoms with E-state index < -0.39 is 0 Å². The van der Waals surface area contributed by atoms with E-state index in [1.54, 1.807) is 7.05 Å². The first-order valence-corrected chi connectivity index (χ1v) is 7.94. The molecule has 3 N–H and O–H groups in total. The Hall–Kier alpha value is -2.04. The van der Waals surface area contributed by atoms with Crippen LogP contribution in [0, 0.1) is 5.82 Å². The predicted molar refractivity (Wildman–Crippen MR) is 90.9 cm³/mol. The van der Waals surface area contributed by atoms with Crippen LogP contribution in [-0.2, 0) is 6.42 Å². The fourth-order valence-corrected chi connectivity index (χ4v) is 2.48. The molecule has 22 heavy (non-hydrogen) atoms. The van der Waals surface area contributed by atoms with Gasteiger partial charge in [-0.1, -0.05) is 19.8 Å². The van der Waals surface area contributed by atoms with E-state index in [2.05, 4.69) is 27.5 Å². The van der Waals surface area contributed by atoms with Crippen LogP contribution in [0.3, 0.4) is 0 Å². The van der Waals surface area contributed by atoms with Gasteiger partial charge in [0.2, 0.25) is 0 Å². The molecule has 0 aliphatic heterocycles.